The molecular weight excluding hydrogens is 292 g/mol. The third-order valence-corrected chi connectivity index (χ3v) is 4.36. The number of amides is 1. The van der Waals surface area contributed by atoms with Gasteiger partial charge in [-0.15, -0.1) is 0 Å². The molecule has 1 amide bonds. The van der Waals surface area contributed by atoms with Crippen molar-refractivity contribution < 1.29 is 9.53 Å². The van der Waals surface area contributed by atoms with Gasteiger partial charge in [0.1, 0.15) is 5.82 Å². The molecule has 2 rings (SSSR count). The molecule has 0 atom stereocenters. The minimum Gasteiger partial charge on any atom is -0.383 e. The highest BCUT2D eigenvalue weighted by Crippen LogP contribution is 2.18. The van der Waals surface area contributed by atoms with Crippen LogP contribution in [0.2, 0.25) is 0 Å². The van der Waals surface area contributed by atoms with Crippen LogP contribution in [0.25, 0.3) is 0 Å². The summed E-state index contributed by atoms with van der Waals surface area (Å²) in [6.07, 6.45) is 5.30. The minimum absolute atomic E-state index is 0.00640. The van der Waals surface area contributed by atoms with Crippen molar-refractivity contribution in [2.75, 3.05) is 40.4 Å². The number of likely N-dealkylation sites (tertiary alicyclic amines) is 1. The van der Waals surface area contributed by atoms with E-state index in [-0.39, 0.29) is 17.9 Å². The first-order chi connectivity index (χ1) is 11.0. The number of carbonyl (C=O) groups excluding carboxylic acids is 1. The fraction of sp³-hybridized carbons (Fsp3) is 0.706. The molecule has 1 aliphatic heterocycles. The predicted octanol–water partition coefficient (Wildman–Crippen LogP) is 1.78. The lowest BCUT2D eigenvalue weighted by Crippen LogP contribution is -2.47. The van der Waals surface area contributed by atoms with Crippen molar-refractivity contribution in [3.05, 3.63) is 23.8 Å². The van der Waals surface area contributed by atoms with Gasteiger partial charge in [-0.2, -0.15) is 0 Å². The number of nitrogens with zero attached hydrogens (tertiary/aromatic N) is 4. The molecule has 0 unspecified atom stereocenters. The lowest BCUT2D eigenvalue weighted by Gasteiger charge is -2.37. The lowest BCUT2D eigenvalue weighted by atomic mass is 10.0. The van der Waals surface area contributed by atoms with E-state index in [1.807, 2.05) is 18.7 Å². The Bertz CT molecular complexity index is 496. The Morgan fingerprint density at radius 3 is 2.48 bits per heavy atom. The van der Waals surface area contributed by atoms with Gasteiger partial charge in [-0.3, -0.25) is 4.79 Å². The number of methoxy groups -OCH3 is 1. The molecule has 2 heterocycles. The summed E-state index contributed by atoms with van der Waals surface area (Å²) >= 11 is 0. The largest absolute Gasteiger partial charge is 0.383 e. The topological polar surface area (TPSA) is 58.6 Å². The Balaban J connectivity index is 2.12. The van der Waals surface area contributed by atoms with Crippen LogP contribution in [0.4, 0.5) is 0 Å². The monoisotopic (exact) mass is 320 g/mol. The minimum atomic E-state index is 0.00640. The maximum atomic E-state index is 12.9. The number of hydrogen-bond donors (Lipinski definition) is 0. The number of carbonyl (C=O) groups is 1. The number of hydrogen-bond acceptors (Lipinski definition) is 5. The summed E-state index contributed by atoms with van der Waals surface area (Å²) in [5, 5.41) is 0. The van der Waals surface area contributed by atoms with Gasteiger partial charge in [-0.25, -0.2) is 9.97 Å². The molecule has 1 aliphatic rings. The second-order valence-corrected chi connectivity index (χ2v) is 6.51. The van der Waals surface area contributed by atoms with Crippen LogP contribution >= 0.6 is 0 Å². The van der Waals surface area contributed by atoms with Gasteiger partial charge < -0.3 is 14.5 Å². The second-order valence-electron chi connectivity index (χ2n) is 6.51. The quantitative estimate of drug-likeness (QED) is 0.800. The molecule has 1 fully saturated rings. The van der Waals surface area contributed by atoms with Crippen molar-refractivity contribution in [1.82, 2.24) is 19.8 Å². The van der Waals surface area contributed by atoms with Crippen molar-refractivity contribution in [2.24, 2.45) is 0 Å². The molecule has 1 aromatic heterocycles. The van der Waals surface area contributed by atoms with E-state index in [9.17, 15) is 4.79 Å². The van der Waals surface area contributed by atoms with Crippen LogP contribution in [0.5, 0.6) is 0 Å². The first kappa shape index (κ1) is 17.8. The van der Waals surface area contributed by atoms with E-state index in [0.29, 0.717) is 18.7 Å². The highest BCUT2D eigenvalue weighted by Gasteiger charge is 2.27. The fourth-order valence-corrected chi connectivity index (χ4v) is 2.86. The van der Waals surface area contributed by atoms with Gasteiger partial charge in [0.15, 0.2) is 0 Å². The van der Waals surface area contributed by atoms with Gasteiger partial charge in [0, 0.05) is 38.0 Å². The maximum Gasteiger partial charge on any atom is 0.257 e. The lowest BCUT2D eigenvalue weighted by molar-refractivity contribution is 0.0504. The first-order valence-electron chi connectivity index (χ1n) is 8.33. The Labute approximate surface area is 138 Å². The van der Waals surface area contributed by atoms with E-state index < -0.39 is 0 Å². The normalized spacial score (nSPS) is 16.7. The van der Waals surface area contributed by atoms with Gasteiger partial charge >= 0.3 is 0 Å². The number of piperidine rings is 1. The maximum absolute atomic E-state index is 12.9. The molecule has 0 N–H and O–H groups in total. The van der Waals surface area contributed by atoms with Crippen molar-refractivity contribution in [3.63, 3.8) is 0 Å². The third kappa shape index (κ3) is 4.72. The van der Waals surface area contributed by atoms with E-state index in [1.165, 1.54) is 0 Å². The van der Waals surface area contributed by atoms with Crippen LogP contribution in [-0.4, -0.2) is 72.1 Å². The van der Waals surface area contributed by atoms with Crippen LogP contribution in [0.3, 0.4) is 0 Å². The van der Waals surface area contributed by atoms with Gasteiger partial charge in [-0.1, -0.05) is 13.8 Å². The van der Waals surface area contributed by atoms with E-state index in [1.54, 1.807) is 19.5 Å². The molecule has 0 aliphatic carbocycles. The van der Waals surface area contributed by atoms with Crippen LogP contribution in [0, 0.1) is 0 Å². The van der Waals surface area contributed by atoms with Crippen molar-refractivity contribution in [2.45, 2.75) is 38.6 Å². The number of ether oxygens (including phenoxy) is 1. The SMILES string of the molecule is COCCN(C(=O)c1cnc(C(C)C)nc1)C1CCN(C)CC1. The average Bonchev–Trinajstić information content (AvgIpc) is 2.56. The Kier molecular flexibility index (Phi) is 6.47. The highest BCUT2D eigenvalue weighted by molar-refractivity contribution is 5.93. The van der Waals surface area contributed by atoms with Crippen molar-refractivity contribution in [3.8, 4) is 0 Å². The summed E-state index contributed by atoms with van der Waals surface area (Å²) in [5.74, 6) is 1.04. The molecule has 0 bridgehead atoms. The molecule has 128 valence electrons. The van der Waals surface area contributed by atoms with Crippen LogP contribution in [-0.2, 0) is 4.74 Å². The molecule has 0 spiro atoms. The molecule has 1 saturated heterocycles. The second kappa shape index (κ2) is 8.36. The van der Waals surface area contributed by atoms with Gasteiger partial charge in [0.05, 0.1) is 12.2 Å². The molecule has 1 aromatic rings. The molecule has 0 saturated carbocycles. The van der Waals surface area contributed by atoms with Gasteiger partial charge in [0.2, 0.25) is 0 Å². The molecule has 0 aromatic carbocycles. The van der Waals surface area contributed by atoms with E-state index in [2.05, 4.69) is 21.9 Å². The van der Waals surface area contributed by atoms with Crippen LogP contribution < -0.4 is 0 Å². The Morgan fingerprint density at radius 1 is 1.35 bits per heavy atom. The third-order valence-electron chi connectivity index (χ3n) is 4.36. The summed E-state index contributed by atoms with van der Waals surface area (Å²) in [6, 6.07) is 0.263. The van der Waals surface area contributed by atoms with Gasteiger partial charge in [-0.05, 0) is 33.0 Å². The van der Waals surface area contributed by atoms with Crippen LogP contribution in [0.15, 0.2) is 12.4 Å². The summed E-state index contributed by atoms with van der Waals surface area (Å²) in [6.45, 7) is 7.27. The van der Waals surface area contributed by atoms with Gasteiger partial charge in [0.25, 0.3) is 5.91 Å². The zero-order chi connectivity index (χ0) is 16.8. The van der Waals surface area contributed by atoms with E-state index in [4.69, 9.17) is 4.74 Å². The average molecular weight is 320 g/mol. The molecule has 6 heteroatoms. The summed E-state index contributed by atoms with van der Waals surface area (Å²) in [5.41, 5.74) is 0.560. The predicted molar refractivity (Wildman–Crippen MR) is 89.6 cm³/mol. The fourth-order valence-electron chi connectivity index (χ4n) is 2.86. The number of aromatic nitrogens is 2. The summed E-state index contributed by atoms with van der Waals surface area (Å²) in [7, 11) is 3.79. The molecule has 23 heavy (non-hydrogen) atoms. The molecule has 0 radical (unpaired) electrons. The Hall–Kier alpha value is -1.53. The first-order valence-corrected chi connectivity index (χ1v) is 8.33. The number of rotatable bonds is 6. The molecular formula is C17H28N4O2. The summed E-state index contributed by atoms with van der Waals surface area (Å²) < 4.78 is 5.19. The van der Waals surface area contributed by atoms with Crippen molar-refractivity contribution >= 4 is 5.91 Å². The molecule has 6 nitrogen and oxygen atoms in total. The highest BCUT2D eigenvalue weighted by atomic mass is 16.5. The summed E-state index contributed by atoms with van der Waals surface area (Å²) in [4.78, 5) is 25.8. The smallest absolute Gasteiger partial charge is 0.257 e. The van der Waals surface area contributed by atoms with Crippen LogP contribution in [0.1, 0.15) is 48.8 Å². The zero-order valence-corrected chi connectivity index (χ0v) is 14.7. The van der Waals surface area contributed by atoms with E-state index >= 15 is 0 Å². The van der Waals surface area contributed by atoms with E-state index in [0.717, 1.165) is 31.8 Å². The zero-order valence-electron chi connectivity index (χ0n) is 14.7. The van der Waals surface area contributed by atoms with Crippen molar-refractivity contribution in [1.29, 1.82) is 0 Å². The standard InChI is InChI=1S/C17H28N4O2/c1-13(2)16-18-11-14(12-19-16)17(22)21(9-10-23-4)15-5-7-20(3)8-6-15/h11-13,15H,5-10H2,1-4H3. The Morgan fingerprint density at radius 2 is 1.96 bits per heavy atom.